The number of nitrogens with zero attached hydrogens (tertiary/aromatic N) is 1. The standard InChI is InChI=1S/C26H26BrFN2O3/c1-2-29-26(32)24(16-19-6-4-3-5-7-19)30(17-20-8-10-21(27)11-9-20)25(31)18-33-23-14-12-22(28)13-15-23/h3-15,24H,2,16-18H2,1H3,(H,29,32). The number of benzene rings is 3. The summed E-state index contributed by atoms with van der Waals surface area (Å²) in [5, 5.41) is 2.85. The van der Waals surface area contributed by atoms with E-state index in [1.54, 1.807) is 4.90 Å². The first-order valence-electron chi connectivity index (χ1n) is 10.7. The molecule has 3 aromatic carbocycles. The molecule has 1 N–H and O–H groups in total. The van der Waals surface area contributed by atoms with Crippen molar-refractivity contribution in [1.29, 1.82) is 0 Å². The number of amides is 2. The minimum Gasteiger partial charge on any atom is -0.484 e. The van der Waals surface area contributed by atoms with E-state index in [9.17, 15) is 14.0 Å². The lowest BCUT2D eigenvalue weighted by Crippen LogP contribution is -2.51. The van der Waals surface area contributed by atoms with Crippen molar-refractivity contribution < 1.29 is 18.7 Å². The number of carbonyl (C=O) groups excluding carboxylic acids is 2. The molecule has 0 fully saturated rings. The molecule has 33 heavy (non-hydrogen) atoms. The first kappa shape index (κ1) is 24.5. The summed E-state index contributed by atoms with van der Waals surface area (Å²) < 4.78 is 19.7. The van der Waals surface area contributed by atoms with Crippen LogP contribution in [0.25, 0.3) is 0 Å². The van der Waals surface area contributed by atoms with Crippen molar-refractivity contribution in [3.8, 4) is 5.75 Å². The summed E-state index contributed by atoms with van der Waals surface area (Å²) in [6.45, 7) is 2.27. The summed E-state index contributed by atoms with van der Waals surface area (Å²) in [5.41, 5.74) is 1.83. The highest BCUT2D eigenvalue weighted by molar-refractivity contribution is 9.10. The zero-order chi connectivity index (χ0) is 23.6. The van der Waals surface area contributed by atoms with Gasteiger partial charge in [0.2, 0.25) is 5.91 Å². The Morgan fingerprint density at radius 3 is 2.27 bits per heavy atom. The Kier molecular flexibility index (Phi) is 9.01. The molecule has 0 bridgehead atoms. The number of likely N-dealkylation sites (N-methyl/N-ethyl adjacent to an activating group) is 1. The quantitative estimate of drug-likeness (QED) is 0.426. The van der Waals surface area contributed by atoms with Gasteiger partial charge < -0.3 is 15.0 Å². The van der Waals surface area contributed by atoms with Gasteiger partial charge in [0.25, 0.3) is 5.91 Å². The fourth-order valence-corrected chi connectivity index (χ4v) is 3.66. The monoisotopic (exact) mass is 512 g/mol. The number of hydrogen-bond acceptors (Lipinski definition) is 3. The van der Waals surface area contributed by atoms with Crippen LogP contribution in [0.1, 0.15) is 18.1 Å². The van der Waals surface area contributed by atoms with Crippen molar-refractivity contribution in [2.24, 2.45) is 0 Å². The smallest absolute Gasteiger partial charge is 0.261 e. The molecule has 0 aliphatic carbocycles. The summed E-state index contributed by atoms with van der Waals surface area (Å²) in [7, 11) is 0. The van der Waals surface area contributed by atoms with Crippen LogP contribution < -0.4 is 10.1 Å². The van der Waals surface area contributed by atoms with Gasteiger partial charge in [0.15, 0.2) is 6.61 Å². The number of hydrogen-bond donors (Lipinski definition) is 1. The molecule has 5 nitrogen and oxygen atoms in total. The second-order valence-electron chi connectivity index (χ2n) is 7.49. The maximum atomic E-state index is 13.3. The number of nitrogens with one attached hydrogen (secondary N) is 1. The minimum atomic E-state index is -0.722. The van der Waals surface area contributed by atoms with E-state index in [1.165, 1.54) is 24.3 Å². The molecule has 0 aliphatic heterocycles. The van der Waals surface area contributed by atoms with Crippen molar-refractivity contribution in [3.63, 3.8) is 0 Å². The van der Waals surface area contributed by atoms with Gasteiger partial charge in [-0.3, -0.25) is 9.59 Å². The van der Waals surface area contributed by atoms with Crippen molar-refractivity contribution in [3.05, 3.63) is 100 Å². The molecule has 3 aromatic rings. The Labute approximate surface area is 201 Å². The van der Waals surface area contributed by atoms with Gasteiger partial charge in [0, 0.05) is 24.0 Å². The molecule has 172 valence electrons. The first-order chi connectivity index (χ1) is 16.0. The second kappa shape index (κ2) is 12.2. The Hall–Kier alpha value is -3.19. The molecule has 0 saturated carbocycles. The van der Waals surface area contributed by atoms with Crippen LogP contribution in [-0.2, 0) is 22.6 Å². The minimum absolute atomic E-state index is 0.228. The first-order valence-corrected chi connectivity index (χ1v) is 11.5. The molecule has 0 spiro atoms. The Morgan fingerprint density at radius 2 is 1.64 bits per heavy atom. The zero-order valence-corrected chi connectivity index (χ0v) is 19.9. The Bertz CT molecular complexity index is 1040. The van der Waals surface area contributed by atoms with E-state index in [0.717, 1.165) is 15.6 Å². The van der Waals surface area contributed by atoms with Gasteiger partial charge in [-0.1, -0.05) is 58.4 Å². The molecule has 0 aliphatic rings. The highest BCUT2D eigenvalue weighted by atomic mass is 79.9. The van der Waals surface area contributed by atoms with Crippen LogP contribution in [0.4, 0.5) is 4.39 Å². The molecule has 0 radical (unpaired) electrons. The third kappa shape index (κ3) is 7.43. The fourth-order valence-electron chi connectivity index (χ4n) is 3.39. The lowest BCUT2D eigenvalue weighted by molar-refractivity contribution is -0.142. The number of carbonyl (C=O) groups is 2. The van der Waals surface area contributed by atoms with Gasteiger partial charge >= 0.3 is 0 Å². The SMILES string of the molecule is CCNC(=O)C(Cc1ccccc1)N(Cc1ccc(Br)cc1)C(=O)COc1ccc(F)cc1. The lowest BCUT2D eigenvalue weighted by Gasteiger charge is -2.31. The molecule has 0 heterocycles. The second-order valence-corrected chi connectivity index (χ2v) is 8.41. The third-order valence-corrected chi connectivity index (χ3v) is 5.59. The van der Waals surface area contributed by atoms with Crippen molar-refractivity contribution in [2.45, 2.75) is 25.9 Å². The molecular weight excluding hydrogens is 487 g/mol. The van der Waals surface area contributed by atoms with Gasteiger partial charge in [-0.15, -0.1) is 0 Å². The summed E-state index contributed by atoms with van der Waals surface area (Å²) in [6.07, 6.45) is 0.367. The molecular formula is C26H26BrFN2O3. The highest BCUT2D eigenvalue weighted by Gasteiger charge is 2.30. The van der Waals surface area contributed by atoms with Crippen LogP contribution >= 0.6 is 15.9 Å². The van der Waals surface area contributed by atoms with Crippen molar-refractivity contribution in [1.82, 2.24) is 10.2 Å². The predicted molar refractivity (Wildman–Crippen MR) is 129 cm³/mol. The molecule has 2 amide bonds. The topological polar surface area (TPSA) is 58.6 Å². The van der Waals surface area contributed by atoms with Crippen LogP contribution in [0.2, 0.25) is 0 Å². The van der Waals surface area contributed by atoms with E-state index in [2.05, 4.69) is 21.2 Å². The maximum Gasteiger partial charge on any atom is 0.261 e. The van der Waals surface area contributed by atoms with Gasteiger partial charge in [-0.2, -0.15) is 0 Å². The van der Waals surface area contributed by atoms with Crippen LogP contribution in [0.5, 0.6) is 5.75 Å². The predicted octanol–water partition coefficient (Wildman–Crippen LogP) is 4.74. The fraction of sp³-hybridized carbons (Fsp3) is 0.231. The molecule has 3 rings (SSSR count). The van der Waals surface area contributed by atoms with Crippen molar-refractivity contribution in [2.75, 3.05) is 13.2 Å². The van der Waals surface area contributed by atoms with Crippen LogP contribution in [0.3, 0.4) is 0 Å². The summed E-state index contributed by atoms with van der Waals surface area (Å²) >= 11 is 3.42. The molecule has 7 heteroatoms. The van der Waals surface area contributed by atoms with Gasteiger partial charge in [0.05, 0.1) is 0 Å². The number of ether oxygens (including phenoxy) is 1. The van der Waals surface area contributed by atoms with Crippen LogP contribution in [0, 0.1) is 5.82 Å². The van der Waals surface area contributed by atoms with E-state index in [-0.39, 0.29) is 30.8 Å². The van der Waals surface area contributed by atoms with E-state index in [4.69, 9.17) is 4.74 Å². The van der Waals surface area contributed by atoms with Crippen LogP contribution in [-0.4, -0.2) is 35.9 Å². The van der Waals surface area contributed by atoms with Gasteiger partial charge in [-0.25, -0.2) is 4.39 Å². The number of halogens is 2. The summed E-state index contributed by atoms with van der Waals surface area (Å²) in [5.74, 6) is -0.571. The van der Waals surface area contributed by atoms with E-state index in [0.29, 0.717) is 18.7 Å². The zero-order valence-electron chi connectivity index (χ0n) is 18.3. The van der Waals surface area contributed by atoms with Crippen molar-refractivity contribution >= 4 is 27.7 Å². The van der Waals surface area contributed by atoms with Gasteiger partial charge in [0.1, 0.15) is 17.6 Å². The molecule has 1 unspecified atom stereocenters. The average Bonchev–Trinajstić information content (AvgIpc) is 2.82. The Morgan fingerprint density at radius 1 is 0.970 bits per heavy atom. The average molecular weight is 513 g/mol. The van der Waals surface area contributed by atoms with Gasteiger partial charge in [-0.05, 0) is 54.4 Å². The molecule has 0 aromatic heterocycles. The summed E-state index contributed by atoms with van der Waals surface area (Å²) in [6, 6.07) is 21.9. The van der Waals surface area contributed by atoms with E-state index in [1.807, 2.05) is 61.5 Å². The molecule has 1 atom stereocenters. The normalized spacial score (nSPS) is 11.5. The maximum absolute atomic E-state index is 13.3. The molecule has 0 saturated heterocycles. The van der Waals surface area contributed by atoms with E-state index >= 15 is 0 Å². The number of rotatable bonds is 10. The lowest BCUT2D eigenvalue weighted by atomic mass is 10.0. The highest BCUT2D eigenvalue weighted by Crippen LogP contribution is 2.18. The Balaban J connectivity index is 1.87. The summed E-state index contributed by atoms with van der Waals surface area (Å²) in [4.78, 5) is 27.9. The van der Waals surface area contributed by atoms with E-state index < -0.39 is 6.04 Å². The van der Waals surface area contributed by atoms with Crippen LogP contribution in [0.15, 0.2) is 83.3 Å². The largest absolute Gasteiger partial charge is 0.484 e. The third-order valence-electron chi connectivity index (χ3n) is 5.06.